The van der Waals surface area contributed by atoms with Gasteiger partial charge in [-0.2, -0.15) is 0 Å². The summed E-state index contributed by atoms with van der Waals surface area (Å²) in [5.74, 6) is 1.54. The van der Waals surface area contributed by atoms with Gasteiger partial charge in [0, 0.05) is 30.1 Å². The number of aryl methyl sites for hydroxylation is 1. The molecule has 2 atom stereocenters. The second-order valence-corrected chi connectivity index (χ2v) is 6.14. The number of rotatable bonds is 1. The van der Waals surface area contributed by atoms with Gasteiger partial charge in [-0.05, 0) is 32.6 Å². The minimum Gasteiger partial charge on any atom is -0.332 e. The molecule has 0 radical (unpaired) electrons. The van der Waals surface area contributed by atoms with Crippen molar-refractivity contribution in [2.45, 2.75) is 57.5 Å². The molecule has 1 amide bonds. The van der Waals surface area contributed by atoms with E-state index in [-0.39, 0.29) is 6.04 Å². The van der Waals surface area contributed by atoms with E-state index in [4.69, 9.17) is 0 Å². The smallest absolute Gasteiger partial charge is 0.226 e. The largest absolute Gasteiger partial charge is 0.332 e. The van der Waals surface area contributed by atoms with E-state index >= 15 is 0 Å². The third-order valence-corrected chi connectivity index (χ3v) is 5.02. The maximum atomic E-state index is 12.6. The molecule has 1 saturated carbocycles. The summed E-state index contributed by atoms with van der Waals surface area (Å²) in [6.07, 6.45) is 8.48. The van der Waals surface area contributed by atoms with Crippen LogP contribution in [0.3, 0.4) is 0 Å². The number of hydrogen-bond donors (Lipinski definition) is 0. The van der Waals surface area contributed by atoms with Crippen LogP contribution in [0.5, 0.6) is 0 Å². The van der Waals surface area contributed by atoms with Crippen LogP contribution in [0.2, 0.25) is 0 Å². The van der Waals surface area contributed by atoms with Crippen molar-refractivity contribution in [3.05, 3.63) is 23.3 Å². The Morgan fingerprint density at radius 1 is 1.32 bits per heavy atom. The number of nitrogens with zero attached hydrogens (tertiary/aromatic N) is 3. The van der Waals surface area contributed by atoms with Gasteiger partial charge in [-0.25, -0.2) is 9.97 Å². The van der Waals surface area contributed by atoms with Gasteiger partial charge in [0.2, 0.25) is 5.91 Å². The van der Waals surface area contributed by atoms with Crippen LogP contribution in [0, 0.1) is 12.8 Å². The molecule has 2 fully saturated rings. The number of fused-ring (bicyclic) bond motifs is 4. The Balaban J connectivity index is 1.69. The first-order chi connectivity index (χ1) is 9.24. The predicted octanol–water partition coefficient (Wildman–Crippen LogP) is 2.17. The molecule has 2 bridgehead atoms. The van der Waals surface area contributed by atoms with Crippen LogP contribution >= 0.6 is 0 Å². The highest BCUT2D eigenvalue weighted by atomic mass is 16.2. The molecule has 4 nitrogen and oxygen atoms in total. The molecule has 0 N–H and O–H groups in total. The lowest BCUT2D eigenvalue weighted by Gasteiger charge is -2.39. The van der Waals surface area contributed by atoms with Crippen molar-refractivity contribution in [3.8, 4) is 0 Å². The number of carbonyl (C=O) groups is 1. The zero-order valence-electron chi connectivity index (χ0n) is 11.3. The van der Waals surface area contributed by atoms with E-state index in [1.807, 2.05) is 13.1 Å². The second kappa shape index (κ2) is 4.02. The molecule has 2 unspecified atom stereocenters. The standard InChI is InChI=1S/C15H19N3O/c1-9-16-8-12-13(17-9)7-11-5-6-14(12)18(11)15(19)10-3-2-4-10/h8,10-11,14H,2-7H2,1H3. The SMILES string of the molecule is Cc1ncc2c(n1)CC1CCC2N1C(=O)C1CCC1. The van der Waals surface area contributed by atoms with Crippen LogP contribution in [0.4, 0.5) is 0 Å². The van der Waals surface area contributed by atoms with E-state index in [0.717, 1.165) is 37.9 Å². The van der Waals surface area contributed by atoms with Crippen molar-refractivity contribution in [2.75, 3.05) is 0 Å². The van der Waals surface area contributed by atoms with Crippen LogP contribution in [-0.2, 0) is 11.2 Å². The van der Waals surface area contributed by atoms with Crippen molar-refractivity contribution in [3.63, 3.8) is 0 Å². The van der Waals surface area contributed by atoms with E-state index in [2.05, 4.69) is 14.9 Å². The van der Waals surface area contributed by atoms with Crippen LogP contribution in [-0.4, -0.2) is 26.8 Å². The Kier molecular flexibility index (Phi) is 2.41. The lowest BCUT2D eigenvalue weighted by atomic mass is 9.83. The third-order valence-electron chi connectivity index (χ3n) is 5.02. The molecule has 4 rings (SSSR count). The molecule has 3 heterocycles. The summed E-state index contributed by atoms with van der Waals surface area (Å²) >= 11 is 0. The van der Waals surface area contributed by atoms with Gasteiger partial charge in [-0.1, -0.05) is 6.42 Å². The molecule has 1 aromatic heterocycles. The van der Waals surface area contributed by atoms with Gasteiger partial charge in [0.25, 0.3) is 0 Å². The van der Waals surface area contributed by atoms with Gasteiger partial charge < -0.3 is 4.90 Å². The fourth-order valence-corrected chi connectivity index (χ4v) is 3.78. The lowest BCUT2D eigenvalue weighted by molar-refractivity contribution is -0.141. The number of amides is 1. The zero-order valence-corrected chi connectivity index (χ0v) is 11.3. The van der Waals surface area contributed by atoms with Crippen LogP contribution in [0.25, 0.3) is 0 Å². The zero-order chi connectivity index (χ0) is 13.0. The van der Waals surface area contributed by atoms with Crippen molar-refractivity contribution in [1.82, 2.24) is 14.9 Å². The first-order valence-electron chi connectivity index (χ1n) is 7.38. The number of hydrogen-bond acceptors (Lipinski definition) is 3. The Morgan fingerprint density at radius 3 is 2.89 bits per heavy atom. The first-order valence-corrected chi connectivity index (χ1v) is 7.38. The van der Waals surface area contributed by atoms with Gasteiger partial charge in [0.15, 0.2) is 0 Å². The summed E-state index contributed by atoms with van der Waals surface area (Å²) in [4.78, 5) is 23.7. The van der Waals surface area contributed by atoms with E-state index in [1.165, 1.54) is 17.7 Å². The van der Waals surface area contributed by atoms with E-state index < -0.39 is 0 Å². The molecule has 100 valence electrons. The summed E-state index contributed by atoms with van der Waals surface area (Å²) in [6.45, 7) is 1.94. The minimum atomic E-state index is 0.252. The number of carbonyl (C=O) groups excluding carboxylic acids is 1. The highest BCUT2D eigenvalue weighted by Crippen LogP contribution is 2.45. The third kappa shape index (κ3) is 1.62. The fourth-order valence-electron chi connectivity index (χ4n) is 3.78. The van der Waals surface area contributed by atoms with Gasteiger partial charge in [-0.3, -0.25) is 4.79 Å². The van der Waals surface area contributed by atoms with E-state index in [0.29, 0.717) is 17.9 Å². The topological polar surface area (TPSA) is 46.1 Å². The fraction of sp³-hybridized carbons (Fsp3) is 0.667. The van der Waals surface area contributed by atoms with Gasteiger partial charge in [-0.15, -0.1) is 0 Å². The van der Waals surface area contributed by atoms with Crippen molar-refractivity contribution < 1.29 is 4.79 Å². The summed E-state index contributed by atoms with van der Waals surface area (Å²) in [6, 6.07) is 0.641. The minimum absolute atomic E-state index is 0.252. The van der Waals surface area contributed by atoms with Crippen LogP contribution in [0.15, 0.2) is 6.20 Å². The molecule has 1 aliphatic carbocycles. The summed E-state index contributed by atoms with van der Waals surface area (Å²) in [5, 5.41) is 0. The van der Waals surface area contributed by atoms with Crippen molar-refractivity contribution in [1.29, 1.82) is 0 Å². The molecule has 1 aromatic rings. The summed E-state index contributed by atoms with van der Waals surface area (Å²) in [5.41, 5.74) is 2.38. The lowest BCUT2D eigenvalue weighted by Crippen LogP contribution is -2.46. The number of aromatic nitrogens is 2. The Hall–Kier alpha value is -1.45. The summed E-state index contributed by atoms with van der Waals surface area (Å²) in [7, 11) is 0. The predicted molar refractivity (Wildman–Crippen MR) is 70.4 cm³/mol. The maximum absolute atomic E-state index is 12.6. The second-order valence-electron chi connectivity index (χ2n) is 6.14. The summed E-state index contributed by atoms with van der Waals surface area (Å²) < 4.78 is 0. The van der Waals surface area contributed by atoms with Gasteiger partial charge in [0.05, 0.1) is 11.7 Å². The Bertz CT molecular complexity index is 538. The molecule has 0 aromatic carbocycles. The Morgan fingerprint density at radius 2 is 2.16 bits per heavy atom. The molecule has 3 aliphatic rings. The highest BCUT2D eigenvalue weighted by Gasteiger charge is 2.45. The molecule has 2 aliphatic heterocycles. The molecule has 0 spiro atoms. The Labute approximate surface area is 113 Å². The van der Waals surface area contributed by atoms with E-state index in [9.17, 15) is 4.79 Å². The van der Waals surface area contributed by atoms with Gasteiger partial charge >= 0.3 is 0 Å². The molecular weight excluding hydrogens is 238 g/mol. The molecule has 1 saturated heterocycles. The molecule has 4 heteroatoms. The van der Waals surface area contributed by atoms with Crippen LogP contribution < -0.4 is 0 Å². The van der Waals surface area contributed by atoms with Crippen molar-refractivity contribution in [2.24, 2.45) is 5.92 Å². The van der Waals surface area contributed by atoms with E-state index in [1.54, 1.807) is 0 Å². The highest BCUT2D eigenvalue weighted by molar-refractivity contribution is 5.81. The van der Waals surface area contributed by atoms with Crippen molar-refractivity contribution >= 4 is 5.91 Å². The molecule has 19 heavy (non-hydrogen) atoms. The molecular formula is C15H19N3O. The average molecular weight is 257 g/mol. The van der Waals surface area contributed by atoms with Crippen LogP contribution in [0.1, 0.15) is 55.2 Å². The quantitative estimate of drug-likeness (QED) is 0.774. The normalized spacial score (nSPS) is 29.0. The monoisotopic (exact) mass is 257 g/mol. The first kappa shape index (κ1) is 11.4. The maximum Gasteiger partial charge on any atom is 0.226 e. The van der Waals surface area contributed by atoms with Gasteiger partial charge in [0.1, 0.15) is 5.82 Å². The average Bonchev–Trinajstić information content (AvgIpc) is 2.62.